The molecule has 0 aromatic rings. The van der Waals surface area contributed by atoms with Crippen LogP contribution in [0.4, 0.5) is 0 Å². The van der Waals surface area contributed by atoms with Crippen molar-refractivity contribution in [3.05, 3.63) is 0 Å². The Morgan fingerprint density at radius 1 is 1.83 bits per heavy atom. The number of aliphatic imine (C=N–C) groups is 1. The Bertz CT molecular complexity index is 80.9. The van der Waals surface area contributed by atoms with Crippen molar-refractivity contribution in [2.75, 3.05) is 13.2 Å². The molecular formula is C3H4NOSe. The van der Waals surface area contributed by atoms with E-state index in [9.17, 15) is 0 Å². The molecule has 1 rings (SSSR count). The van der Waals surface area contributed by atoms with Gasteiger partial charge in [0, 0.05) is 0 Å². The van der Waals surface area contributed by atoms with Crippen molar-refractivity contribution in [3.8, 4) is 0 Å². The molecule has 0 saturated heterocycles. The van der Waals surface area contributed by atoms with Gasteiger partial charge in [-0.25, -0.2) is 0 Å². The summed E-state index contributed by atoms with van der Waals surface area (Å²) in [5, 5.41) is 0. The third-order valence-electron chi connectivity index (χ3n) is 0.558. The van der Waals surface area contributed by atoms with Crippen LogP contribution in [0.1, 0.15) is 0 Å². The van der Waals surface area contributed by atoms with Crippen LogP contribution in [0.3, 0.4) is 0 Å². The first-order valence-electron chi connectivity index (χ1n) is 1.74. The van der Waals surface area contributed by atoms with Gasteiger partial charge in [-0.1, -0.05) is 0 Å². The fraction of sp³-hybridized carbons (Fsp3) is 0.667. The molecule has 0 fully saturated rings. The van der Waals surface area contributed by atoms with Crippen LogP contribution in [0.15, 0.2) is 4.99 Å². The minimum atomic E-state index is 0.704. The van der Waals surface area contributed by atoms with E-state index in [1.165, 1.54) is 0 Å². The Hall–Kier alpha value is -0.0105. The summed E-state index contributed by atoms with van der Waals surface area (Å²) < 4.78 is 4.85. The van der Waals surface area contributed by atoms with Crippen molar-refractivity contribution in [2.24, 2.45) is 4.99 Å². The second kappa shape index (κ2) is 1.63. The molecule has 0 aromatic heterocycles. The van der Waals surface area contributed by atoms with Crippen LogP contribution < -0.4 is 0 Å². The normalized spacial score (nSPS) is 19.7. The van der Waals surface area contributed by atoms with Crippen LogP contribution in [0.5, 0.6) is 0 Å². The van der Waals surface area contributed by atoms with Crippen molar-refractivity contribution >= 4 is 20.8 Å². The van der Waals surface area contributed by atoms with E-state index in [1.807, 2.05) is 0 Å². The van der Waals surface area contributed by atoms with E-state index in [0.29, 0.717) is 4.80 Å². The van der Waals surface area contributed by atoms with Gasteiger partial charge in [-0.15, -0.1) is 0 Å². The van der Waals surface area contributed by atoms with E-state index < -0.39 is 0 Å². The summed E-state index contributed by atoms with van der Waals surface area (Å²) in [4.78, 5) is 4.58. The molecule has 0 unspecified atom stereocenters. The van der Waals surface area contributed by atoms with Crippen molar-refractivity contribution in [1.29, 1.82) is 0 Å². The molecule has 1 aliphatic rings. The number of hydrogen-bond acceptors (Lipinski definition) is 2. The Kier molecular flexibility index (Phi) is 1.13. The zero-order valence-electron chi connectivity index (χ0n) is 3.18. The zero-order valence-corrected chi connectivity index (χ0v) is 4.89. The molecule has 1 heterocycles. The molecule has 2 nitrogen and oxygen atoms in total. The fourth-order valence-electron chi connectivity index (χ4n) is 0.316. The number of hydrogen-bond donors (Lipinski definition) is 0. The number of ether oxygens (including phenoxy) is 1. The Morgan fingerprint density at radius 2 is 2.67 bits per heavy atom. The molecule has 0 spiro atoms. The van der Waals surface area contributed by atoms with Gasteiger partial charge in [-0.05, 0) is 0 Å². The molecule has 1 radical (unpaired) electrons. The molecule has 0 bridgehead atoms. The molecule has 0 N–H and O–H groups in total. The van der Waals surface area contributed by atoms with Gasteiger partial charge in [0.1, 0.15) is 0 Å². The maximum atomic E-state index is 4.85. The summed E-state index contributed by atoms with van der Waals surface area (Å²) in [6.07, 6.45) is 0. The molecule has 0 saturated carbocycles. The quantitative estimate of drug-likeness (QED) is 0.427. The topological polar surface area (TPSA) is 21.6 Å². The Balaban J connectivity index is 2.45. The van der Waals surface area contributed by atoms with E-state index in [4.69, 9.17) is 4.74 Å². The number of nitrogens with zero attached hydrogens (tertiary/aromatic N) is 1. The van der Waals surface area contributed by atoms with Gasteiger partial charge in [0.2, 0.25) is 0 Å². The van der Waals surface area contributed by atoms with Gasteiger partial charge in [0.25, 0.3) is 0 Å². The van der Waals surface area contributed by atoms with Crippen LogP contribution in [0.2, 0.25) is 0 Å². The first-order valence-corrected chi connectivity index (χ1v) is 2.59. The summed E-state index contributed by atoms with van der Waals surface area (Å²) in [7, 11) is 0. The minimum absolute atomic E-state index is 0.704. The van der Waals surface area contributed by atoms with E-state index in [2.05, 4.69) is 21.0 Å². The van der Waals surface area contributed by atoms with Crippen LogP contribution in [-0.4, -0.2) is 34.0 Å². The molecule has 3 heteroatoms. The molecule has 0 aliphatic carbocycles. The predicted octanol–water partition coefficient (Wildman–Crippen LogP) is -0.459. The second-order valence-electron chi connectivity index (χ2n) is 0.996. The predicted molar refractivity (Wildman–Crippen MR) is 24.0 cm³/mol. The zero-order chi connectivity index (χ0) is 4.41. The van der Waals surface area contributed by atoms with Gasteiger partial charge in [0.05, 0.1) is 0 Å². The monoisotopic (exact) mass is 150 g/mol. The maximum absolute atomic E-state index is 4.85. The summed E-state index contributed by atoms with van der Waals surface area (Å²) in [5.74, 6) is 0. The third-order valence-corrected chi connectivity index (χ3v) is 1.08. The van der Waals surface area contributed by atoms with Gasteiger partial charge >= 0.3 is 43.7 Å². The first-order chi connectivity index (χ1) is 2.89. The van der Waals surface area contributed by atoms with E-state index >= 15 is 0 Å². The third kappa shape index (κ3) is 0.730. The summed E-state index contributed by atoms with van der Waals surface area (Å²) in [6, 6.07) is 0. The number of rotatable bonds is 0. The van der Waals surface area contributed by atoms with Gasteiger partial charge in [-0.3, -0.25) is 0 Å². The molecule has 0 amide bonds. The average Bonchev–Trinajstić information content (AvgIpc) is 1.86. The van der Waals surface area contributed by atoms with E-state index in [0.717, 1.165) is 13.2 Å². The second-order valence-corrected chi connectivity index (χ2v) is 1.73. The molecule has 0 atom stereocenters. The Labute approximate surface area is 44.4 Å². The summed E-state index contributed by atoms with van der Waals surface area (Å²) in [6.45, 7) is 1.57. The van der Waals surface area contributed by atoms with Crippen molar-refractivity contribution in [1.82, 2.24) is 0 Å². The summed E-state index contributed by atoms with van der Waals surface area (Å²) >= 11 is 2.67. The molecule has 0 aromatic carbocycles. The van der Waals surface area contributed by atoms with Gasteiger partial charge in [0.15, 0.2) is 0 Å². The molecule has 33 valence electrons. The van der Waals surface area contributed by atoms with Gasteiger partial charge < -0.3 is 0 Å². The SMILES string of the molecule is [Se]C1=NCCO1. The van der Waals surface area contributed by atoms with Crippen LogP contribution in [-0.2, 0) is 4.74 Å². The van der Waals surface area contributed by atoms with E-state index in [-0.39, 0.29) is 0 Å². The van der Waals surface area contributed by atoms with E-state index in [1.54, 1.807) is 0 Å². The fourth-order valence-corrected chi connectivity index (χ4v) is 0.682. The summed E-state index contributed by atoms with van der Waals surface area (Å²) in [5.41, 5.74) is 0. The molecule has 6 heavy (non-hydrogen) atoms. The van der Waals surface area contributed by atoms with Crippen LogP contribution in [0.25, 0.3) is 0 Å². The van der Waals surface area contributed by atoms with Crippen LogP contribution in [0, 0.1) is 0 Å². The molecular weight excluding hydrogens is 145 g/mol. The van der Waals surface area contributed by atoms with Crippen LogP contribution >= 0.6 is 0 Å². The van der Waals surface area contributed by atoms with Crippen molar-refractivity contribution in [2.45, 2.75) is 0 Å². The standard InChI is InChI=1S/C3H4NOSe/c6-3-4-1-2-5-3/h1-2H2. The van der Waals surface area contributed by atoms with Gasteiger partial charge in [-0.2, -0.15) is 0 Å². The first kappa shape index (κ1) is 4.16. The average molecular weight is 149 g/mol. The Morgan fingerprint density at radius 3 is 2.83 bits per heavy atom. The molecule has 1 aliphatic heterocycles. The van der Waals surface area contributed by atoms with Crippen molar-refractivity contribution in [3.63, 3.8) is 0 Å². The van der Waals surface area contributed by atoms with Crippen molar-refractivity contribution < 1.29 is 4.74 Å².